The Morgan fingerprint density at radius 2 is 1.83 bits per heavy atom. The van der Waals surface area contributed by atoms with Crippen molar-refractivity contribution < 1.29 is 19.0 Å². The van der Waals surface area contributed by atoms with Crippen LogP contribution in [0.4, 0.5) is 0 Å². The van der Waals surface area contributed by atoms with Crippen LogP contribution >= 0.6 is 11.3 Å². The number of aromatic nitrogens is 3. The monoisotopic (exact) mass is 646 g/mol. The van der Waals surface area contributed by atoms with Crippen LogP contribution in [0, 0.1) is 6.92 Å². The second-order valence-corrected chi connectivity index (χ2v) is 11.9. The Kier molecular flexibility index (Phi) is 9.03. The Morgan fingerprint density at radius 1 is 1.06 bits per heavy atom. The molecule has 2 aromatic heterocycles. The number of allylic oxidation sites excluding steroid dienone is 1. The number of thiazole rings is 1. The number of benzene rings is 3. The first-order valence-electron chi connectivity index (χ1n) is 15.2. The van der Waals surface area contributed by atoms with Crippen LogP contribution in [0.1, 0.15) is 36.6 Å². The van der Waals surface area contributed by atoms with E-state index in [1.165, 1.54) is 11.3 Å². The van der Waals surface area contributed by atoms with Crippen LogP contribution in [-0.4, -0.2) is 40.6 Å². The highest BCUT2D eigenvalue weighted by atomic mass is 32.1. The summed E-state index contributed by atoms with van der Waals surface area (Å²) in [5, 5.41) is 4.96. The molecule has 0 radical (unpaired) electrons. The molecule has 0 saturated heterocycles. The minimum atomic E-state index is -0.726. The molecule has 10 heteroatoms. The van der Waals surface area contributed by atoms with Gasteiger partial charge in [-0.05, 0) is 80.4 Å². The maximum atomic E-state index is 14.3. The van der Waals surface area contributed by atoms with Gasteiger partial charge < -0.3 is 14.2 Å². The fourth-order valence-electron chi connectivity index (χ4n) is 5.57. The van der Waals surface area contributed by atoms with Crippen molar-refractivity contribution in [3.8, 4) is 28.4 Å². The Labute approximate surface area is 276 Å². The molecule has 238 valence electrons. The Hall–Kier alpha value is -5.48. The van der Waals surface area contributed by atoms with Gasteiger partial charge in [-0.2, -0.15) is 5.10 Å². The van der Waals surface area contributed by atoms with Gasteiger partial charge in [0.1, 0.15) is 23.8 Å². The molecule has 47 heavy (non-hydrogen) atoms. The van der Waals surface area contributed by atoms with Crippen LogP contribution in [-0.2, 0) is 9.53 Å². The maximum absolute atomic E-state index is 14.3. The van der Waals surface area contributed by atoms with Gasteiger partial charge >= 0.3 is 5.97 Å². The van der Waals surface area contributed by atoms with E-state index < -0.39 is 12.0 Å². The van der Waals surface area contributed by atoms with Crippen molar-refractivity contribution >= 4 is 23.4 Å². The average molecular weight is 647 g/mol. The fourth-order valence-corrected chi connectivity index (χ4v) is 6.61. The van der Waals surface area contributed by atoms with Crippen molar-refractivity contribution in [1.82, 2.24) is 14.3 Å². The molecule has 1 atom stereocenters. The molecule has 9 nitrogen and oxygen atoms in total. The normalized spacial score (nSPS) is 14.4. The number of ether oxygens (including phenoxy) is 3. The first-order valence-corrected chi connectivity index (χ1v) is 16.0. The summed E-state index contributed by atoms with van der Waals surface area (Å²) in [6, 6.07) is 22.3. The van der Waals surface area contributed by atoms with Crippen LogP contribution in [0.15, 0.2) is 113 Å². The van der Waals surface area contributed by atoms with E-state index in [2.05, 4.69) is 6.58 Å². The van der Waals surface area contributed by atoms with Gasteiger partial charge in [-0.15, -0.1) is 0 Å². The van der Waals surface area contributed by atoms with E-state index in [1.54, 1.807) is 36.3 Å². The predicted molar refractivity (Wildman–Crippen MR) is 183 cm³/mol. The summed E-state index contributed by atoms with van der Waals surface area (Å²) in [5.41, 5.74) is 5.45. The Morgan fingerprint density at radius 3 is 2.51 bits per heavy atom. The van der Waals surface area contributed by atoms with Gasteiger partial charge in [0.25, 0.3) is 5.56 Å². The number of rotatable bonds is 10. The molecule has 0 bridgehead atoms. The van der Waals surface area contributed by atoms with E-state index >= 15 is 0 Å². The first-order chi connectivity index (χ1) is 22.8. The molecule has 1 aliphatic rings. The number of nitrogens with zero attached hydrogens (tertiary/aromatic N) is 4. The zero-order chi connectivity index (χ0) is 33.1. The van der Waals surface area contributed by atoms with Gasteiger partial charge in [-0.1, -0.05) is 54.3 Å². The molecular weight excluding hydrogens is 612 g/mol. The highest BCUT2D eigenvalue weighted by Gasteiger charge is 2.33. The molecule has 0 aliphatic carbocycles. The van der Waals surface area contributed by atoms with Gasteiger partial charge in [0.05, 0.1) is 41.2 Å². The third-order valence-electron chi connectivity index (χ3n) is 7.80. The van der Waals surface area contributed by atoms with E-state index in [-0.39, 0.29) is 12.2 Å². The number of hydrogen-bond acceptors (Lipinski definition) is 8. The zero-order valence-corrected chi connectivity index (χ0v) is 27.4. The van der Waals surface area contributed by atoms with Crippen molar-refractivity contribution in [2.24, 2.45) is 4.99 Å². The minimum absolute atomic E-state index is 0.199. The van der Waals surface area contributed by atoms with Crippen molar-refractivity contribution in [2.45, 2.75) is 26.8 Å². The smallest absolute Gasteiger partial charge is 0.338 e. The van der Waals surface area contributed by atoms with E-state index in [0.29, 0.717) is 38.7 Å². The predicted octanol–water partition coefficient (Wildman–Crippen LogP) is 5.53. The molecule has 6 rings (SSSR count). The summed E-state index contributed by atoms with van der Waals surface area (Å²) in [7, 11) is 1.59. The lowest BCUT2D eigenvalue weighted by molar-refractivity contribution is -0.139. The summed E-state index contributed by atoms with van der Waals surface area (Å²) in [6.45, 7) is 9.84. The summed E-state index contributed by atoms with van der Waals surface area (Å²) in [5.74, 6) is 0.918. The Bertz CT molecular complexity index is 2180. The number of methoxy groups -OCH3 is 1. The van der Waals surface area contributed by atoms with Crippen molar-refractivity contribution in [1.29, 1.82) is 0 Å². The summed E-state index contributed by atoms with van der Waals surface area (Å²) >= 11 is 1.27. The van der Waals surface area contributed by atoms with Gasteiger partial charge in [0.2, 0.25) is 0 Å². The average Bonchev–Trinajstić information content (AvgIpc) is 3.64. The van der Waals surface area contributed by atoms with E-state index in [4.69, 9.17) is 24.3 Å². The van der Waals surface area contributed by atoms with Gasteiger partial charge in [0, 0.05) is 17.3 Å². The van der Waals surface area contributed by atoms with E-state index in [0.717, 1.165) is 33.7 Å². The van der Waals surface area contributed by atoms with Crippen LogP contribution in [0.2, 0.25) is 0 Å². The lowest BCUT2D eigenvalue weighted by Gasteiger charge is -2.24. The number of esters is 1. The molecule has 1 aliphatic heterocycles. The molecule has 3 heterocycles. The number of carbonyl (C=O) groups excluding carboxylic acids is 1. The summed E-state index contributed by atoms with van der Waals surface area (Å²) in [4.78, 5) is 32.8. The topological polar surface area (TPSA) is 96.9 Å². The molecule has 0 spiro atoms. The molecular formula is C37H34N4O5S. The molecule has 5 aromatic rings. The number of hydrogen-bond donors (Lipinski definition) is 0. The quantitative estimate of drug-likeness (QED) is 0.146. The molecule has 0 N–H and O–H groups in total. The first kappa shape index (κ1) is 31.5. The van der Waals surface area contributed by atoms with Crippen molar-refractivity contribution in [2.75, 3.05) is 20.3 Å². The minimum Gasteiger partial charge on any atom is -0.497 e. The molecule has 0 saturated carbocycles. The largest absolute Gasteiger partial charge is 0.497 e. The summed E-state index contributed by atoms with van der Waals surface area (Å²) in [6.07, 6.45) is 5.47. The number of aryl methyl sites for hydroxylation is 1. The summed E-state index contributed by atoms with van der Waals surface area (Å²) < 4.78 is 20.4. The Balaban J connectivity index is 1.53. The maximum Gasteiger partial charge on any atom is 0.338 e. The van der Waals surface area contributed by atoms with Crippen LogP contribution in [0.25, 0.3) is 23.0 Å². The second kappa shape index (κ2) is 13.5. The van der Waals surface area contributed by atoms with Crippen molar-refractivity contribution in [3.05, 3.63) is 139 Å². The molecule has 0 fully saturated rings. The zero-order valence-electron chi connectivity index (χ0n) is 26.6. The lowest BCUT2D eigenvalue weighted by Crippen LogP contribution is -2.39. The highest BCUT2D eigenvalue weighted by molar-refractivity contribution is 7.07. The van der Waals surface area contributed by atoms with Crippen molar-refractivity contribution in [3.63, 3.8) is 0 Å². The van der Waals surface area contributed by atoms with E-state index in [1.807, 2.05) is 92.0 Å². The SMILES string of the molecule is C=CCOc1ccc(-c2nn(-c3ccccc3)cc2/C=c2\sc3n(c2=O)[C@H](c2ccc(OC)cc2)C(C(=O)OCC)=C(C)N=3)cc1C. The molecule has 0 unspecified atom stereocenters. The standard InChI is InChI=1S/C37H34N4O5S/c1-6-19-46-30-18-15-26(20-23(30)3)33-27(22-40(39-33)28-11-9-8-10-12-28)21-31-35(42)41-34(25-13-16-29(44-5)17-14-25)32(36(43)45-7-2)24(4)38-37(41)47-31/h6,8-18,20-22,34H,1,7,19H2,2-5H3/b31-21-/t34-/m1/s1. The lowest BCUT2D eigenvalue weighted by atomic mass is 9.96. The van der Waals surface area contributed by atoms with Gasteiger partial charge in [0.15, 0.2) is 4.80 Å². The second-order valence-electron chi connectivity index (χ2n) is 10.9. The van der Waals surface area contributed by atoms with Crippen LogP contribution in [0.5, 0.6) is 11.5 Å². The van der Waals surface area contributed by atoms with Crippen LogP contribution < -0.4 is 24.4 Å². The fraction of sp³-hybridized carbons (Fsp3) is 0.189. The van der Waals surface area contributed by atoms with E-state index in [9.17, 15) is 9.59 Å². The molecule has 0 amide bonds. The van der Waals surface area contributed by atoms with Gasteiger partial charge in [-0.3, -0.25) is 9.36 Å². The number of para-hydroxylation sites is 1. The third-order valence-corrected chi connectivity index (χ3v) is 8.79. The number of carbonyl (C=O) groups is 1. The number of fused-ring (bicyclic) bond motifs is 1. The third kappa shape index (κ3) is 6.19. The van der Waals surface area contributed by atoms with Crippen LogP contribution in [0.3, 0.4) is 0 Å². The molecule has 3 aromatic carbocycles. The highest BCUT2D eigenvalue weighted by Crippen LogP contribution is 2.32. The van der Waals surface area contributed by atoms with Gasteiger partial charge in [-0.25, -0.2) is 14.5 Å².